The quantitative estimate of drug-likeness (QED) is 0.744. The van der Waals surface area contributed by atoms with Gasteiger partial charge in [-0.1, -0.05) is 13.8 Å². The van der Waals surface area contributed by atoms with Crippen LogP contribution in [-0.2, 0) is 4.79 Å². The van der Waals surface area contributed by atoms with Crippen LogP contribution in [0.2, 0.25) is 0 Å². The van der Waals surface area contributed by atoms with Crippen LogP contribution in [-0.4, -0.2) is 19.0 Å². The average molecular weight is 224 g/mol. The maximum atomic E-state index is 11.9. The molecule has 0 bridgehead atoms. The molecule has 3 N–H and O–H groups in total. The highest BCUT2D eigenvalue weighted by atomic mass is 16.1. The van der Waals surface area contributed by atoms with Gasteiger partial charge in [0, 0.05) is 12.5 Å². The number of amides is 1. The van der Waals surface area contributed by atoms with Crippen LogP contribution >= 0.6 is 0 Å². The van der Waals surface area contributed by atoms with Crippen molar-refractivity contribution >= 4 is 5.91 Å². The number of carbonyl (C=O) groups is 1. The predicted octanol–water partition coefficient (Wildman–Crippen LogP) is 1.52. The molecule has 2 fully saturated rings. The molecule has 0 aliphatic heterocycles. The number of hydrogen-bond acceptors (Lipinski definition) is 2. The van der Waals surface area contributed by atoms with E-state index in [1.54, 1.807) is 0 Å². The molecular formula is C13H24N2O. The minimum Gasteiger partial charge on any atom is -0.355 e. The van der Waals surface area contributed by atoms with Gasteiger partial charge in [-0.2, -0.15) is 0 Å². The summed E-state index contributed by atoms with van der Waals surface area (Å²) < 4.78 is 0. The molecule has 0 saturated heterocycles. The lowest BCUT2D eigenvalue weighted by Gasteiger charge is -2.25. The summed E-state index contributed by atoms with van der Waals surface area (Å²) in [4.78, 5) is 11.9. The SMILES string of the molecule is CC(C)(CCN)CNC(=O)C1CC2CC2C1. The minimum atomic E-state index is 0.131. The van der Waals surface area contributed by atoms with E-state index < -0.39 is 0 Å². The van der Waals surface area contributed by atoms with E-state index in [0.717, 1.165) is 37.6 Å². The fourth-order valence-electron chi connectivity index (χ4n) is 2.88. The Balaban J connectivity index is 1.71. The van der Waals surface area contributed by atoms with E-state index >= 15 is 0 Å². The van der Waals surface area contributed by atoms with Crippen LogP contribution in [0.1, 0.15) is 39.5 Å². The fourth-order valence-corrected chi connectivity index (χ4v) is 2.88. The molecule has 92 valence electrons. The molecule has 0 aromatic carbocycles. The van der Waals surface area contributed by atoms with Crippen molar-refractivity contribution < 1.29 is 4.79 Å². The molecular weight excluding hydrogens is 200 g/mol. The molecule has 2 rings (SSSR count). The Kier molecular flexibility index (Phi) is 3.24. The third-order valence-corrected chi connectivity index (χ3v) is 4.18. The maximum Gasteiger partial charge on any atom is 0.223 e. The molecule has 3 heteroatoms. The van der Waals surface area contributed by atoms with Crippen molar-refractivity contribution in [3.05, 3.63) is 0 Å². The van der Waals surface area contributed by atoms with Gasteiger partial charge in [-0.15, -0.1) is 0 Å². The van der Waals surface area contributed by atoms with E-state index in [2.05, 4.69) is 19.2 Å². The van der Waals surface area contributed by atoms with Gasteiger partial charge in [0.1, 0.15) is 0 Å². The molecule has 2 aliphatic rings. The average Bonchev–Trinajstić information content (AvgIpc) is 2.82. The van der Waals surface area contributed by atoms with Crippen molar-refractivity contribution in [3.8, 4) is 0 Å². The molecule has 2 saturated carbocycles. The zero-order valence-corrected chi connectivity index (χ0v) is 10.5. The van der Waals surface area contributed by atoms with Crippen molar-refractivity contribution in [1.82, 2.24) is 5.32 Å². The first-order chi connectivity index (χ1) is 7.52. The van der Waals surface area contributed by atoms with Gasteiger partial charge in [0.05, 0.1) is 0 Å². The summed E-state index contributed by atoms with van der Waals surface area (Å²) in [6.07, 6.45) is 4.60. The van der Waals surface area contributed by atoms with Crippen molar-refractivity contribution in [2.24, 2.45) is 28.9 Å². The summed E-state index contributed by atoms with van der Waals surface area (Å²) in [6.45, 7) is 5.77. The molecule has 2 atom stereocenters. The third kappa shape index (κ3) is 2.76. The van der Waals surface area contributed by atoms with Gasteiger partial charge in [0.15, 0.2) is 0 Å². The van der Waals surface area contributed by atoms with Crippen LogP contribution in [0.5, 0.6) is 0 Å². The summed E-state index contributed by atoms with van der Waals surface area (Å²) in [7, 11) is 0. The first-order valence-electron chi connectivity index (χ1n) is 6.49. The largest absolute Gasteiger partial charge is 0.355 e. The van der Waals surface area contributed by atoms with Gasteiger partial charge in [-0.25, -0.2) is 0 Å². The minimum absolute atomic E-state index is 0.131. The molecule has 0 aromatic rings. The standard InChI is InChI=1S/C13H24N2O/c1-13(2,3-4-14)8-15-12(16)11-6-9-5-10(9)7-11/h9-11H,3-8,14H2,1-2H3,(H,15,16). The van der Waals surface area contributed by atoms with Crippen molar-refractivity contribution in [2.45, 2.75) is 39.5 Å². The van der Waals surface area contributed by atoms with Gasteiger partial charge in [-0.3, -0.25) is 4.79 Å². The van der Waals surface area contributed by atoms with Crippen molar-refractivity contribution in [3.63, 3.8) is 0 Å². The molecule has 2 aliphatic carbocycles. The van der Waals surface area contributed by atoms with Gasteiger partial charge in [0.25, 0.3) is 0 Å². The number of hydrogen-bond donors (Lipinski definition) is 2. The summed E-state index contributed by atoms with van der Waals surface area (Å²) in [5, 5.41) is 3.10. The van der Waals surface area contributed by atoms with E-state index in [9.17, 15) is 4.79 Å². The molecule has 0 radical (unpaired) electrons. The normalized spacial score (nSPS) is 32.3. The molecule has 3 nitrogen and oxygen atoms in total. The van der Waals surface area contributed by atoms with E-state index in [-0.39, 0.29) is 11.3 Å². The topological polar surface area (TPSA) is 55.1 Å². The second-order valence-electron chi connectivity index (χ2n) is 6.34. The Hall–Kier alpha value is -0.570. The molecule has 0 spiro atoms. The van der Waals surface area contributed by atoms with Gasteiger partial charge in [-0.05, 0) is 49.5 Å². The lowest BCUT2D eigenvalue weighted by molar-refractivity contribution is -0.125. The Morgan fingerprint density at radius 3 is 2.50 bits per heavy atom. The Bertz CT molecular complexity index is 265. The van der Waals surface area contributed by atoms with Crippen LogP contribution in [0.3, 0.4) is 0 Å². The number of nitrogens with two attached hydrogens (primary N) is 1. The van der Waals surface area contributed by atoms with Crippen LogP contribution < -0.4 is 11.1 Å². The van der Waals surface area contributed by atoms with Crippen LogP contribution in [0, 0.1) is 23.2 Å². The van der Waals surface area contributed by atoms with E-state index in [1.165, 1.54) is 6.42 Å². The fraction of sp³-hybridized carbons (Fsp3) is 0.923. The number of carbonyl (C=O) groups excluding carboxylic acids is 1. The zero-order chi connectivity index (χ0) is 11.8. The lowest BCUT2D eigenvalue weighted by atomic mass is 9.89. The molecule has 2 unspecified atom stereocenters. The summed E-state index contributed by atoms with van der Waals surface area (Å²) in [6, 6.07) is 0. The van der Waals surface area contributed by atoms with Gasteiger partial charge >= 0.3 is 0 Å². The molecule has 0 heterocycles. The van der Waals surface area contributed by atoms with E-state index in [1.807, 2.05) is 0 Å². The summed E-state index contributed by atoms with van der Waals surface area (Å²) in [5.41, 5.74) is 5.69. The van der Waals surface area contributed by atoms with Gasteiger partial charge < -0.3 is 11.1 Å². The van der Waals surface area contributed by atoms with Gasteiger partial charge in [0.2, 0.25) is 5.91 Å². The van der Waals surface area contributed by atoms with Crippen LogP contribution in [0.15, 0.2) is 0 Å². The monoisotopic (exact) mass is 224 g/mol. The maximum absolute atomic E-state index is 11.9. The molecule has 0 aromatic heterocycles. The lowest BCUT2D eigenvalue weighted by Crippen LogP contribution is -2.38. The van der Waals surface area contributed by atoms with Crippen LogP contribution in [0.25, 0.3) is 0 Å². The first kappa shape index (κ1) is 11.9. The Labute approximate surface area is 98.2 Å². The molecule has 16 heavy (non-hydrogen) atoms. The second-order valence-corrected chi connectivity index (χ2v) is 6.34. The summed E-state index contributed by atoms with van der Waals surface area (Å²) >= 11 is 0. The van der Waals surface area contributed by atoms with E-state index in [4.69, 9.17) is 5.73 Å². The Morgan fingerprint density at radius 1 is 1.31 bits per heavy atom. The first-order valence-corrected chi connectivity index (χ1v) is 6.49. The van der Waals surface area contributed by atoms with E-state index in [0.29, 0.717) is 12.5 Å². The predicted molar refractivity (Wildman–Crippen MR) is 64.8 cm³/mol. The summed E-state index contributed by atoms with van der Waals surface area (Å²) in [5.74, 6) is 2.34. The highest BCUT2D eigenvalue weighted by molar-refractivity contribution is 5.79. The highest BCUT2D eigenvalue weighted by Gasteiger charge is 2.47. The third-order valence-electron chi connectivity index (χ3n) is 4.18. The number of nitrogens with one attached hydrogen (secondary N) is 1. The molecule has 1 amide bonds. The highest BCUT2D eigenvalue weighted by Crippen LogP contribution is 2.54. The Morgan fingerprint density at radius 2 is 1.94 bits per heavy atom. The van der Waals surface area contributed by atoms with Crippen molar-refractivity contribution in [2.75, 3.05) is 13.1 Å². The second kappa shape index (κ2) is 4.36. The number of fused-ring (bicyclic) bond motifs is 1. The zero-order valence-electron chi connectivity index (χ0n) is 10.5. The van der Waals surface area contributed by atoms with Crippen LogP contribution in [0.4, 0.5) is 0 Å². The smallest absolute Gasteiger partial charge is 0.223 e. The number of rotatable bonds is 5. The van der Waals surface area contributed by atoms with Crippen molar-refractivity contribution in [1.29, 1.82) is 0 Å².